The molecular formula is C36H25F2N3O10. The van der Waals surface area contributed by atoms with E-state index >= 15 is 4.39 Å². The van der Waals surface area contributed by atoms with Crippen LogP contribution in [0, 0.1) is 11.6 Å². The summed E-state index contributed by atoms with van der Waals surface area (Å²) in [7, 11) is 0. The van der Waals surface area contributed by atoms with Crippen molar-refractivity contribution in [2.75, 3.05) is 26.2 Å². The summed E-state index contributed by atoms with van der Waals surface area (Å²) in [6.07, 6.45) is 2.96. The van der Waals surface area contributed by atoms with Gasteiger partial charge in [-0.3, -0.25) is 9.80 Å². The monoisotopic (exact) mass is 697 g/mol. The molecule has 0 aliphatic carbocycles. The zero-order valence-electron chi connectivity index (χ0n) is 26.4. The molecule has 1 fully saturated rings. The van der Waals surface area contributed by atoms with Gasteiger partial charge >= 0.3 is 29.8 Å². The maximum atomic E-state index is 15.0. The highest BCUT2D eigenvalue weighted by Gasteiger charge is 2.34. The second kappa shape index (κ2) is 13.9. The van der Waals surface area contributed by atoms with Crippen LogP contribution in [0.15, 0.2) is 89.5 Å². The van der Waals surface area contributed by atoms with Gasteiger partial charge in [-0.15, -0.1) is 0 Å². The number of ether oxygens (including phenoxy) is 4. The number of hydrogen-bond acceptors (Lipinski definition) is 13. The normalized spacial score (nSPS) is 18.7. The molecule has 0 amide bonds. The molecule has 3 aliphatic rings. The van der Waals surface area contributed by atoms with Crippen LogP contribution < -0.4 is 14.2 Å². The highest BCUT2D eigenvalue weighted by molar-refractivity contribution is 6.08. The molecule has 0 spiro atoms. The van der Waals surface area contributed by atoms with Gasteiger partial charge in [0.1, 0.15) is 28.6 Å². The quantitative estimate of drug-likeness (QED) is 0.162. The molecule has 4 aromatic rings. The lowest BCUT2D eigenvalue weighted by atomic mass is 9.95. The lowest BCUT2D eigenvalue weighted by Crippen LogP contribution is -2.47. The number of benzene rings is 3. The minimum absolute atomic E-state index is 0.00855. The van der Waals surface area contributed by atoms with Gasteiger partial charge in [-0.05, 0) is 11.6 Å². The van der Waals surface area contributed by atoms with Crippen molar-refractivity contribution in [3.05, 3.63) is 119 Å². The second-order valence-electron chi connectivity index (χ2n) is 11.6. The van der Waals surface area contributed by atoms with Crippen LogP contribution in [0.25, 0.3) is 11.3 Å². The maximum Gasteiger partial charge on any atom is 0.350 e. The number of carbonyl (C=O) groups is 5. The average Bonchev–Trinajstić information content (AvgIpc) is 3.59. The molecule has 1 atom stereocenters. The van der Waals surface area contributed by atoms with Crippen molar-refractivity contribution in [3.8, 4) is 28.5 Å². The van der Waals surface area contributed by atoms with Gasteiger partial charge in [-0.2, -0.15) is 0 Å². The van der Waals surface area contributed by atoms with E-state index in [2.05, 4.69) is 15.0 Å². The number of rotatable bonds is 6. The van der Waals surface area contributed by atoms with Crippen LogP contribution in [0.2, 0.25) is 0 Å². The van der Waals surface area contributed by atoms with Crippen molar-refractivity contribution in [2.24, 2.45) is 0 Å². The van der Waals surface area contributed by atoms with Crippen LogP contribution >= 0.6 is 0 Å². The Kier molecular flexibility index (Phi) is 9.04. The largest absolute Gasteiger partial charge is 0.422 e. The summed E-state index contributed by atoms with van der Waals surface area (Å²) in [6.45, 7) is 2.36. The molecule has 0 N–H and O–H groups in total. The number of aromatic nitrogens is 1. The van der Waals surface area contributed by atoms with Crippen LogP contribution in [-0.2, 0) is 30.5 Å². The zero-order valence-corrected chi connectivity index (χ0v) is 26.4. The number of hydrogen-bond donors (Lipinski definition) is 0. The van der Waals surface area contributed by atoms with E-state index in [0.29, 0.717) is 49.7 Å². The predicted molar refractivity (Wildman–Crippen MR) is 169 cm³/mol. The van der Waals surface area contributed by atoms with E-state index in [1.807, 2.05) is 30.3 Å². The van der Waals surface area contributed by atoms with Gasteiger partial charge in [-0.25, -0.2) is 32.8 Å². The van der Waals surface area contributed by atoms with Gasteiger partial charge in [0.2, 0.25) is 0 Å². The van der Waals surface area contributed by atoms with Gasteiger partial charge < -0.3 is 23.5 Å². The lowest BCUT2D eigenvalue weighted by Gasteiger charge is -2.39. The Hall–Kier alpha value is -6.32. The summed E-state index contributed by atoms with van der Waals surface area (Å²) < 4.78 is 55.3. The van der Waals surface area contributed by atoms with Gasteiger partial charge in [0, 0.05) is 74.2 Å². The first-order chi connectivity index (χ1) is 24.6. The number of carbonyl (C=O) groups excluding carboxylic acids is 5. The molecule has 2 bridgehead atoms. The summed E-state index contributed by atoms with van der Waals surface area (Å²) in [4.78, 5) is 66.8. The summed E-state index contributed by atoms with van der Waals surface area (Å²) in [5, 5.41) is 4.09. The van der Waals surface area contributed by atoms with Gasteiger partial charge in [0.25, 0.3) is 0 Å². The Morgan fingerprint density at radius 3 is 2.04 bits per heavy atom. The molecule has 3 aromatic carbocycles. The third-order valence-corrected chi connectivity index (χ3v) is 8.28. The van der Waals surface area contributed by atoms with E-state index in [4.69, 9.17) is 23.5 Å². The molecule has 3 aliphatic heterocycles. The molecule has 13 nitrogen and oxygen atoms in total. The van der Waals surface area contributed by atoms with E-state index in [1.54, 1.807) is 0 Å². The summed E-state index contributed by atoms with van der Waals surface area (Å²) in [5.41, 5.74) is 0.494. The van der Waals surface area contributed by atoms with Crippen molar-refractivity contribution < 1.29 is 56.2 Å². The second-order valence-corrected chi connectivity index (χ2v) is 11.6. The predicted octanol–water partition coefficient (Wildman–Crippen LogP) is 4.07. The summed E-state index contributed by atoms with van der Waals surface area (Å²) in [5.74, 6) is -8.04. The first-order valence-electron chi connectivity index (χ1n) is 15.5. The standard InChI is InChI=1S/C36H25F2N3O10/c37-21-6-7-23(25(38)16-21)33(20-4-2-1-3-5-20)41-14-12-40(13-15-41)19-22-17-26(39-51-22)32-27-18-24-34(35(32)49-30(44)9-8-28(42)47-27)48-29(43)10-11-31(45)50-36(24)46/h1-11,16-18,33H,12-15,19H2/b9-8-,11-10-. The van der Waals surface area contributed by atoms with Crippen molar-refractivity contribution in [1.29, 1.82) is 0 Å². The smallest absolute Gasteiger partial charge is 0.350 e. The average molecular weight is 698 g/mol. The Labute approximate surface area is 287 Å². The Morgan fingerprint density at radius 2 is 1.35 bits per heavy atom. The van der Waals surface area contributed by atoms with Crippen LogP contribution in [0.3, 0.4) is 0 Å². The number of nitrogens with zero attached hydrogens (tertiary/aromatic N) is 3. The first kappa shape index (κ1) is 33.2. The molecule has 51 heavy (non-hydrogen) atoms. The van der Waals surface area contributed by atoms with Crippen molar-refractivity contribution in [3.63, 3.8) is 0 Å². The minimum atomic E-state index is -1.28. The van der Waals surface area contributed by atoms with Crippen LogP contribution in [0.5, 0.6) is 17.2 Å². The number of piperazine rings is 1. The zero-order chi connectivity index (χ0) is 35.6. The molecule has 1 unspecified atom stereocenters. The topological polar surface area (TPSA) is 155 Å². The van der Waals surface area contributed by atoms with Crippen molar-refractivity contribution in [1.82, 2.24) is 15.0 Å². The van der Waals surface area contributed by atoms with Gasteiger partial charge in [-0.1, -0.05) is 41.6 Å². The molecule has 1 saturated heterocycles. The Balaban J connectivity index is 1.17. The van der Waals surface area contributed by atoms with E-state index in [1.165, 1.54) is 18.2 Å². The molecule has 258 valence electrons. The van der Waals surface area contributed by atoms with E-state index < -0.39 is 64.6 Å². The molecule has 0 radical (unpaired) electrons. The van der Waals surface area contributed by atoms with Crippen LogP contribution in [-0.4, -0.2) is 71.0 Å². The molecule has 1 aromatic heterocycles. The fourth-order valence-corrected chi connectivity index (χ4v) is 6.01. The third kappa shape index (κ3) is 7.06. The van der Waals surface area contributed by atoms with E-state index in [0.717, 1.165) is 29.8 Å². The van der Waals surface area contributed by atoms with Crippen molar-refractivity contribution in [2.45, 2.75) is 12.6 Å². The summed E-state index contributed by atoms with van der Waals surface area (Å²) >= 11 is 0. The molecule has 7 rings (SSSR count). The van der Waals surface area contributed by atoms with Gasteiger partial charge in [0.05, 0.1) is 18.2 Å². The highest BCUT2D eigenvalue weighted by atomic mass is 19.1. The number of cyclic esters (lactones) is 2. The molecule has 4 heterocycles. The number of halogens is 2. The van der Waals surface area contributed by atoms with Crippen molar-refractivity contribution >= 4 is 29.8 Å². The number of fused-ring (bicyclic) bond motifs is 4. The highest BCUT2D eigenvalue weighted by Crippen LogP contribution is 2.48. The van der Waals surface area contributed by atoms with Crippen LogP contribution in [0.1, 0.15) is 33.3 Å². The SMILES string of the molecule is O=C1/C=C\C(=O)Oc2c(cc3c(-c4cc(CN5CCN(C(c6ccccc6)c6ccc(F)cc6F)CC5)on4)c2OC(=O)/C=C\C(=O)O3)C(=O)O1. The maximum absolute atomic E-state index is 15.0. The fourth-order valence-electron chi connectivity index (χ4n) is 6.01. The first-order valence-corrected chi connectivity index (χ1v) is 15.5. The Morgan fingerprint density at radius 1 is 0.706 bits per heavy atom. The van der Waals surface area contributed by atoms with Gasteiger partial charge in [0.15, 0.2) is 17.3 Å². The fraction of sp³-hybridized carbons (Fsp3) is 0.167. The minimum Gasteiger partial charge on any atom is -0.422 e. The van der Waals surface area contributed by atoms with E-state index in [-0.39, 0.29) is 23.6 Å². The molecule has 15 heteroatoms. The van der Waals surface area contributed by atoms with E-state index in [9.17, 15) is 28.4 Å². The Bertz CT molecular complexity index is 2140. The summed E-state index contributed by atoms with van der Waals surface area (Å²) in [6, 6.07) is 15.0. The third-order valence-electron chi connectivity index (χ3n) is 8.28. The molecule has 0 saturated carbocycles. The van der Waals surface area contributed by atoms with Crippen LogP contribution in [0.4, 0.5) is 8.78 Å². The lowest BCUT2D eigenvalue weighted by molar-refractivity contribution is -0.133. The molecular weight excluding hydrogens is 672 g/mol. The number of esters is 5.